The number of alkyl halides is 3. The van der Waals surface area contributed by atoms with Gasteiger partial charge in [0, 0.05) is 48.9 Å². The summed E-state index contributed by atoms with van der Waals surface area (Å²) in [6, 6.07) is 2.48. The van der Waals surface area contributed by atoms with Crippen molar-refractivity contribution < 1.29 is 18.3 Å². The summed E-state index contributed by atoms with van der Waals surface area (Å²) in [4.78, 5) is 24.5. The van der Waals surface area contributed by atoms with Crippen LogP contribution >= 0.6 is 0 Å². The summed E-state index contributed by atoms with van der Waals surface area (Å²) in [6.45, 7) is 1.21. The minimum atomic E-state index is -4.53. The first-order valence-corrected chi connectivity index (χ1v) is 11.5. The number of hydrogen-bond acceptors (Lipinski definition) is 7. The van der Waals surface area contributed by atoms with Crippen molar-refractivity contribution in [2.45, 2.75) is 37.1 Å². The molecule has 2 aliphatic rings. The fourth-order valence-corrected chi connectivity index (χ4v) is 5.04. The number of H-pyrrole nitrogens is 1. The maximum absolute atomic E-state index is 13.4. The van der Waals surface area contributed by atoms with Gasteiger partial charge in [-0.05, 0) is 43.5 Å². The van der Waals surface area contributed by atoms with Crippen molar-refractivity contribution in [1.82, 2.24) is 29.8 Å². The SMILES string of the molecule is CN1CC(O)C(N(C)c2nc(-c3ccnc4[nH]c(C(F)(F)F)cc34)nc3cncc(C4CC4)c23)C1. The first-order chi connectivity index (χ1) is 16.7. The highest BCUT2D eigenvalue weighted by molar-refractivity contribution is 5.97. The van der Waals surface area contributed by atoms with E-state index in [9.17, 15) is 18.3 Å². The molecule has 0 spiro atoms. The summed E-state index contributed by atoms with van der Waals surface area (Å²) in [5.41, 5.74) is 1.38. The molecule has 5 heterocycles. The number of pyridine rings is 2. The van der Waals surface area contributed by atoms with Gasteiger partial charge in [-0.1, -0.05) is 0 Å². The van der Waals surface area contributed by atoms with Gasteiger partial charge in [0.15, 0.2) is 5.82 Å². The van der Waals surface area contributed by atoms with Crippen LogP contribution in [0.5, 0.6) is 0 Å². The molecule has 4 aromatic rings. The lowest BCUT2D eigenvalue weighted by Crippen LogP contribution is -2.41. The van der Waals surface area contributed by atoms with Crippen LogP contribution in [-0.2, 0) is 6.18 Å². The zero-order chi connectivity index (χ0) is 24.5. The number of fused-ring (bicyclic) bond motifs is 2. The lowest BCUT2D eigenvalue weighted by atomic mass is 10.1. The Morgan fingerprint density at radius 1 is 1.17 bits per heavy atom. The predicted octanol–water partition coefficient (Wildman–Crippen LogP) is 3.58. The zero-order valence-corrected chi connectivity index (χ0v) is 19.2. The van der Waals surface area contributed by atoms with Gasteiger partial charge in [0.2, 0.25) is 0 Å². The second-order valence-electron chi connectivity index (χ2n) is 9.54. The number of aliphatic hydroxyl groups is 1. The van der Waals surface area contributed by atoms with E-state index in [4.69, 9.17) is 9.97 Å². The van der Waals surface area contributed by atoms with Crippen LogP contribution in [0.3, 0.4) is 0 Å². The molecule has 1 saturated heterocycles. The Hall–Kier alpha value is -3.31. The molecule has 2 N–H and O–H groups in total. The van der Waals surface area contributed by atoms with Gasteiger partial charge in [0.25, 0.3) is 0 Å². The fraction of sp³-hybridized carbons (Fsp3) is 0.417. The standard InChI is InChI=1S/C24H24F3N7O/c1-33-10-17(18(35)11-33)34(2)23-20-15(12-3-4-12)8-28-9-16(20)30-22(32-23)13-5-6-29-21-14(13)7-19(31-21)24(25,26)27/h5-9,12,17-18,35H,3-4,10-11H2,1-2H3,(H,29,31). The van der Waals surface area contributed by atoms with Gasteiger partial charge in [-0.25, -0.2) is 15.0 Å². The zero-order valence-electron chi connectivity index (χ0n) is 19.2. The van der Waals surface area contributed by atoms with E-state index in [1.54, 1.807) is 12.3 Å². The molecule has 4 aromatic heterocycles. The highest BCUT2D eigenvalue weighted by atomic mass is 19.4. The van der Waals surface area contributed by atoms with Crippen molar-refractivity contribution in [1.29, 1.82) is 0 Å². The second-order valence-corrected chi connectivity index (χ2v) is 9.54. The van der Waals surface area contributed by atoms with E-state index < -0.39 is 18.0 Å². The normalized spacial score (nSPS) is 21.3. The molecule has 0 radical (unpaired) electrons. The summed E-state index contributed by atoms with van der Waals surface area (Å²) < 4.78 is 40.1. The van der Waals surface area contributed by atoms with E-state index >= 15 is 0 Å². The van der Waals surface area contributed by atoms with Crippen molar-refractivity contribution in [3.05, 3.63) is 42.0 Å². The molecule has 2 unspecified atom stereocenters. The molecule has 1 saturated carbocycles. The van der Waals surface area contributed by atoms with E-state index in [-0.39, 0.29) is 17.5 Å². The van der Waals surface area contributed by atoms with Crippen LogP contribution in [-0.4, -0.2) is 74.3 Å². The van der Waals surface area contributed by atoms with Gasteiger partial charge in [0.05, 0.1) is 23.9 Å². The number of anilines is 1. The van der Waals surface area contributed by atoms with Gasteiger partial charge in [-0.15, -0.1) is 0 Å². The molecular formula is C24H24F3N7O. The van der Waals surface area contributed by atoms with Crippen molar-refractivity contribution in [2.24, 2.45) is 0 Å². The lowest BCUT2D eigenvalue weighted by Gasteiger charge is -2.29. The number of halogens is 3. The number of aromatic nitrogens is 5. The van der Waals surface area contributed by atoms with E-state index in [2.05, 4.69) is 19.9 Å². The third kappa shape index (κ3) is 3.79. The highest BCUT2D eigenvalue weighted by Gasteiger charge is 2.36. The van der Waals surface area contributed by atoms with E-state index in [0.29, 0.717) is 41.3 Å². The van der Waals surface area contributed by atoms with Gasteiger partial charge in [0.1, 0.15) is 17.2 Å². The predicted molar refractivity (Wildman–Crippen MR) is 125 cm³/mol. The Kier molecular flexibility index (Phi) is 4.98. The average molecular weight is 483 g/mol. The number of aromatic amines is 1. The maximum Gasteiger partial charge on any atom is 0.431 e. The minimum absolute atomic E-state index is 0.117. The van der Waals surface area contributed by atoms with Crippen molar-refractivity contribution >= 4 is 27.8 Å². The first kappa shape index (κ1) is 22.2. The number of nitrogens with zero attached hydrogens (tertiary/aromatic N) is 6. The van der Waals surface area contributed by atoms with Crippen LogP contribution in [0.1, 0.15) is 30.0 Å². The van der Waals surface area contributed by atoms with Gasteiger partial charge in [-0.2, -0.15) is 13.2 Å². The Balaban J connectivity index is 1.57. The summed E-state index contributed by atoms with van der Waals surface area (Å²) in [5, 5.41) is 11.9. The molecule has 8 nitrogen and oxygen atoms in total. The van der Waals surface area contributed by atoms with E-state index in [1.165, 1.54) is 6.20 Å². The van der Waals surface area contributed by atoms with Crippen LogP contribution in [0.4, 0.5) is 19.0 Å². The average Bonchev–Trinajstić information content (AvgIpc) is 3.47. The van der Waals surface area contributed by atoms with Gasteiger partial charge < -0.3 is 19.9 Å². The molecule has 0 aromatic carbocycles. The molecule has 0 amide bonds. The van der Waals surface area contributed by atoms with Crippen LogP contribution in [0, 0.1) is 0 Å². The fourth-order valence-electron chi connectivity index (χ4n) is 5.04. The molecule has 2 fully saturated rings. The molecular weight excluding hydrogens is 459 g/mol. The molecule has 6 rings (SSSR count). The highest BCUT2D eigenvalue weighted by Crippen LogP contribution is 2.45. The Labute approximate surface area is 198 Å². The van der Waals surface area contributed by atoms with Crippen LogP contribution in [0.15, 0.2) is 30.7 Å². The Morgan fingerprint density at radius 2 is 1.97 bits per heavy atom. The van der Waals surface area contributed by atoms with E-state index in [1.807, 2.05) is 25.2 Å². The number of likely N-dealkylation sites (tertiary alicyclic amines) is 1. The van der Waals surface area contributed by atoms with E-state index in [0.717, 1.165) is 29.9 Å². The number of likely N-dealkylation sites (N-methyl/N-ethyl adjacent to an activating group) is 2. The summed E-state index contributed by atoms with van der Waals surface area (Å²) >= 11 is 0. The molecule has 2 atom stereocenters. The number of rotatable bonds is 4. The minimum Gasteiger partial charge on any atom is -0.390 e. The number of β-amino-alcohol motifs (C(OH)–C–C–N with tert-alkyl or cyclic N) is 1. The number of nitrogens with one attached hydrogen (secondary N) is 1. The quantitative estimate of drug-likeness (QED) is 0.458. The van der Waals surface area contributed by atoms with Crippen LogP contribution in [0.25, 0.3) is 33.3 Å². The van der Waals surface area contributed by atoms with Crippen LogP contribution in [0.2, 0.25) is 0 Å². The second kappa shape index (κ2) is 7.85. The van der Waals surface area contributed by atoms with Crippen LogP contribution < -0.4 is 4.90 Å². The van der Waals surface area contributed by atoms with Gasteiger partial charge in [-0.3, -0.25) is 4.98 Å². The monoisotopic (exact) mass is 483 g/mol. The summed E-state index contributed by atoms with van der Waals surface area (Å²) in [6.07, 6.45) is 2.00. The summed E-state index contributed by atoms with van der Waals surface area (Å²) in [5.74, 6) is 1.32. The molecule has 1 aliphatic carbocycles. The van der Waals surface area contributed by atoms with Gasteiger partial charge >= 0.3 is 6.18 Å². The molecule has 0 bridgehead atoms. The summed E-state index contributed by atoms with van der Waals surface area (Å²) in [7, 11) is 3.86. The molecule has 11 heteroatoms. The first-order valence-electron chi connectivity index (χ1n) is 11.5. The van der Waals surface area contributed by atoms with Crippen molar-refractivity contribution in [3.63, 3.8) is 0 Å². The maximum atomic E-state index is 13.4. The van der Waals surface area contributed by atoms with Crippen molar-refractivity contribution in [3.8, 4) is 11.4 Å². The lowest BCUT2D eigenvalue weighted by molar-refractivity contribution is -0.140. The largest absolute Gasteiger partial charge is 0.431 e. The Morgan fingerprint density at radius 3 is 2.66 bits per heavy atom. The molecule has 182 valence electrons. The van der Waals surface area contributed by atoms with Crippen molar-refractivity contribution in [2.75, 3.05) is 32.1 Å². The smallest absolute Gasteiger partial charge is 0.390 e. The molecule has 1 aliphatic heterocycles. The number of aliphatic hydroxyl groups excluding tert-OH is 1. The number of hydrogen-bond donors (Lipinski definition) is 2. The molecule has 35 heavy (non-hydrogen) atoms. The third-order valence-corrected chi connectivity index (χ3v) is 6.99. The third-order valence-electron chi connectivity index (χ3n) is 6.99. The topological polar surface area (TPSA) is 94.1 Å². The Bertz CT molecular complexity index is 1430.